The number of oxazole rings is 1. The number of carbonyl (C=O) groups is 1. The van der Waals surface area contributed by atoms with Crippen LogP contribution in [-0.2, 0) is 0 Å². The molecule has 0 aliphatic heterocycles. The molecule has 0 aliphatic carbocycles. The molecular formula is C17H12N2O2S. The minimum atomic E-state index is 0.0599. The molecule has 22 heavy (non-hydrogen) atoms. The van der Waals surface area contributed by atoms with Crippen molar-refractivity contribution in [3.05, 3.63) is 60.3 Å². The Labute approximate surface area is 130 Å². The molecule has 0 radical (unpaired) electrons. The predicted octanol–water partition coefficient (Wildman–Crippen LogP) is 4.28. The van der Waals surface area contributed by atoms with Gasteiger partial charge in [0, 0.05) is 22.7 Å². The highest BCUT2D eigenvalue weighted by Gasteiger charge is 2.14. The smallest absolute Gasteiger partial charge is 0.257 e. The zero-order chi connectivity index (χ0) is 14.9. The molecule has 0 unspecified atom stereocenters. The summed E-state index contributed by atoms with van der Waals surface area (Å²) in [7, 11) is 0. The molecular weight excluding hydrogens is 296 g/mol. The number of nitrogens with zero attached hydrogens (tertiary/aromatic N) is 1. The molecule has 0 aliphatic rings. The highest BCUT2D eigenvalue weighted by Crippen LogP contribution is 2.25. The minimum absolute atomic E-state index is 0.0599. The van der Waals surface area contributed by atoms with Crippen LogP contribution in [-0.4, -0.2) is 21.5 Å². The van der Waals surface area contributed by atoms with Crippen molar-refractivity contribution < 1.29 is 9.21 Å². The molecule has 1 N–H and O–H groups in total. The lowest BCUT2D eigenvalue weighted by molar-refractivity contribution is 0.102. The third-order valence-corrected chi connectivity index (χ3v) is 4.32. The van der Waals surface area contributed by atoms with Crippen LogP contribution in [0.15, 0.2) is 64.4 Å². The Morgan fingerprint density at radius 2 is 1.95 bits per heavy atom. The summed E-state index contributed by atoms with van der Waals surface area (Å²) >= 11 is 1.32. The molecule has 0 bridgehead atoms. The van der Waals surface area contributed by atoms with Crippen molar-refractivity contribution in [2.24, 2.45) is 0 Å². The number of aromatic amines is 1. The van der Waals surface area contributed by atoms with Gasteiger partial charge >= 0.3 is 0 Å². The first-order chi connectivity index (χ1) is 10.8. The number of carbonyl (C=O) groups excluding carboxylic acids is 1. The minimum Gasteiger partial charge on any atom is -0.431 e. The Kier molecular flexibility index (Phi) is 3.20. The molecule has 2 aromatic heterocycles. The second-order valence-corrected chi connectivity index (χ2v) is 5.83. The van der Waals surface area contributed by atoms with Crippen molar-refractivity contribution in [3.63, 3.8) is 0 Å². The molecule has 0 saturated carbocycles. The zero-order valence-corrected chi connectivity index (χ0v) is 12.4. The Hall–Kier alpha value is -2.53. The van der Waals surface area contributed by atoms with E-state index in [0.717, 1.165) is 22.0 Å². The fourth-order valence-corrected chi connectivity index (χ4v) is 3.14. The maximum atomic E-state index is 12.4. The number of Topliss-reactive ketones (excluding diaryl/α,β-unsaturated/α-hetero) is 1. The van der Waals surface area contributed by atoms with Gasteiger partial charge in [0.05, 0.1) is 5.75 Å². The fraction of sp³-hybridized carbons (Fsp3) is 0.0588. The zero-order valence-electron chi connectivity index (χ0n) is 11.6. The third-order valence-electron chi connectivity index (χ3n) is 3.49. The molecule has 0 saturated heterocycles. The SMILES string of the molecule is O=C(CSc1nc2ccccc2o1)c1c[nH]c2ccccc12. The van der Waals surface area contributed by atoms with E-state index in [1.807, 2.05) is 48.5 Å². The molecule has 4 aromatic rings. The summed E-state index contributed by atoms with van der Waals surface area (Å²) in [4.78, 5) is 19.9. The molecule has 0 atom stereocenters. The summed E-state index contributed by atoms with van der Waals surface area (Å²) < 4.78 is 5.62. The average Bonchev–Trinajstić information content (AvgIpc) is 3.16. The van der Waals surface area contributed by atoms with E-state index in [9.17, 15) is 4.79 Å². The largest absolute Gasteiger partial charge is 0.431 e. The van der Waals surface area contributed by atoms with E-state index in [4.69, 9.17) is 4.42 Å². The van der Waals surface area contributed by atoms with Crippen LogP contribution in [0.5, 0.6) is 0 Å². The molecule has 4 rings (SSSR count). The van der Waals surface area contributed by atoms with Crippen molar-refractivity contribution in [2.45, 2.75) is 5.22 Å². The summed E-state index contributed by atoms with van der Waals surface area (Å²) in [5.41, 5.74) is 3.23. The van der Waals surface area contributed by atoms with Crippen LogP contribution >= 0.6 is 11.8 Å². The van der Waals surface area contributed by atoms with Crippen LogP contribution in [0, 0.1) is 0 Å². The first kappa shape index (κ1) is 13.2. The van der Waals surface area contributed by atoms with E-state index < -0.39 is 0 Å². The monoisotopic (exact) mass is 308 g/mol. The second-order valence-electron chi connectivity index (χ2n) is 4.91. The highest BCUT2D eigenvalue weighted by molar-refractivity contribution is 7.99. The molecule has 0 fully saturated rings. The fourth-order valence-electron chi connectivity index (χ4n) is 2.42. The van der Waals surface area contributed by atoms with E-state index in [1.54, 1.807) is 6.20 Å². The van der Waals surface area contributed by atoms with Gasteiger partial charge in [0.1, 0.15) is 5.52 Å². The summed E-state index contributed by atoms with van der Waals surface area (Å²) in [6.07, 6.45) is 1.76. The normalized spacial score (nSPS) is 11.3. The van der Waals surface area contributed by atoms with E-state index in [-0.39, 0.29) is 5.78 Å². The van der Waals surface area contributed by atoms with E-state index in [1.165, 1.54) is 11.8 Å². The van der Waals surface area contributed by atoms with Gasteiger partial charge in [-0.2, -0.15) is 0 Å². The Balaban J connectivity index is 1.54. The maximum absolute atomic E-state index is 12.4. The third kappa shape index (κ3) is 2.29. The lowest BCUT2D eigenvalue weighted by Crippen LogP contribution is -2.01. The van der Waals surface area contributed by atoms with Gasteiger partial charge in [0.25, 0.3) is 5.22 Å². The van der Waals surface area contributed by atoms with Crippen LogP contribution in [0.3, 0.4) is 0 Å². The Morgan fingerprint density at radius 3 is 2.86 bits per heavy atom. The Morgan fingerprint density at radius 1 is 1.14 bits per heavy atom. The number of ketones is 1. The van der Waals surface area contributed by atoms with Crippen molar-refractivity contribution in [2.75, 3.05) is 5.75 Å². The van der Waals surface area contributed by atoms with Crippen LogP contribution in [0.2, 0.25) is 0 Å². The summed E-state index contributed by atoms with van der Waals surface area (Å²) in [6.45, 7) is 0. The summed E-state index contributed by atoms with van der Waals surface area (Å²) in [5, 5.41) is 1.47. The number of fused-ring (bicyclic) bond motifs is 2. The standard InChI is InChI=1S/C17H12N2O2S/c20-15(12-9-18-13-6-2-1-5-11(12)13)10-22-17-19-14-7-3-4-8-16(14)21-17/h1-9,18H,10H2. The second kappa shape index (κ2) is 5.35. The number of hydrogen-bond donors (Lipinski definition) is 1. The van der Waals surface area contributed by atoms with Crippen molar-refractivity contribution in [3.8, 4) is 0 Å². The van der Waals surface area contributed by atoms with Gasteiger partial charge in [-0.1, -0.05) is 42.1 Å². The predicted molar refractivity (Wildman–Crippen MR) is 87.4 cm³/mol. The Bertz CT molecular complexity index is 938. The molecule has 0 amide bonds. The number of H-pyrrole nitrogens is 1. The van der Waals surface area contributed by atoms with Crippen LogP contribution in [0.4, 0.5) is 0 Å². The molecule has 4 nitrogen and oxygen atoms in total. The number of benzene rings is 2. The lowest BCUT2D eigenvalue weighted by Gasteiger charge is -1.97. The first-order valence-electron chi connectivity index (χ1n) is 6.89. The number of aromatic nitrogens is 2. The van der Waals surface area contributed by atoms with Crippen LogP contribution < -0.4 is 0 Å². The van der Waals surface area contributed by atoms with Gasteiger partial charge in [-0.25, -0.2) is 4.98 Å². The number of thioether (sulfide) groups is 1. The van der Waals surface area contributed by atoms with Gasteiger partial charge in [0.2, 0.25) is 0 Å². The maximum Gasteiger partial charge on any atom is 0.257 e. The molecule has 2 heterocycles. The first-order valence-corrected chi connectivity index (χ1v) is 7.87. The van der Waals surface area contributed by atoms with Gasteiger partial charge in [-0.15, -0.1) is 0 Å². The van der Waals surface area contributed by atoms with Gasteiger partial charge in [0.15, 0.2) is 11.4 Å². The van der Waals surface area contributed by atoms with E-state index in [2.05, 4.69) is 9.97 Å². The number of para-hydroxylation sites is 3. The molecule has 108 valence electrons. The van der Waals surface area contributed by atoms with E-state index >= 15 is 0 Å². The molecule has 2 aromatic carbocycles. The summed E-state index contributed by atoms with van der Waals surface area (Å²) in [5.74, 6) is 0.360. The van der Waals surface area contributed by atoms with Gasteiger partial charge in [-0.05, 0) is 18.2 Å². The van der Waals surface area contributed by atoms with Crippen molar-refractivity contribution in [1.82, 2.24) is 9.97 Å². The van der Waals surface area contributed by atoms with Crippen LogP contribution in [0.1, 0.15) is 10.4 Å². The highest BCUT2D eigenvalue weighted by atomic mass is 32.2. The van der Waals surface area contributed by atoms with E-state index in [0.29, 0.717) is 16.5 Å². The molecule has 5 heteroatoms. The lowest BCUT2D eigenvalue weighted by atomic mass is 10.1. The number of nitrogens with one attached hydrogen (secondary N) is 1. The van der Waals surface area contributed by atoms with Crippen LogP contribution in [0.25, 0.3) is 22.0 Å². The van der Waals surface area contributed by atoms with Crippen molar-refractivity contribution in [1.29, 1.82) is 0 Å². The number of hydrogen-bond acceptors (Lipinski definition) is 4. The quantitative estimate of drug-likeness (QED) is 0.451. The topological polar surface area (TPSA) is 58.9 Å². The number of rotatable bonds is 4. The van der Waals surface area contributed by atoms with Gasteiger partial charge in [-0.3, -0.25) is 4.79 Å². The average molecular weight is 308 g/mol. The van der Waals surface area contributed by atoms with Gasteiger partial charge < -0.3 is 9.40 Å². The summed E-state index contributed by atoms with van der Waals surface area (Å²) in [6, 6.07) is 15.4. The van der Waals surface area contributed by atoms with Crippen molar-refractivity contribution >= 4 is 39.5 Å². The molecule has 0 spiro atoms.